The molecule has 0 aliphatic heterocycles. The molecule has 0 saturated heterocycles. The molecule has 5 nitrogen and oxygen atoms in total. The number of halogens is 1. The Kier molecular flexibility index (Phi) is 5.59. The summed E-state index contributed by atoms with van der Waals surface area (Å²) in [6, 6.07) is 5.75. The van der Waals surface area contributed by atoms with Crippen LogP contribution in [0.5, 0.6) is 5.75 Å². The van der Waals surface area contributed by atoms with Gasteiger partial charge in [0.05, 0.1) is 0 Å². The summed E-state index contributed by atoms with van der Waals surface area (Å²) in [4.78, 5) is 4.23. The van der Waals surface area contributed by atoms with Gasteiger partial charge in [0.2, 0.25) is 11.7 Å². The lowest BCUT2D eigenvalue weighted by Gasteiger charge is -2.17. The molecule has 0 saturated carbocycles. The molecule has 1 aromatic carbocycles. The van der Waals surface area contributed by atoms with E-state index < -0.39 is 0 Å². The summed E-state index contributed by atoms with van der Waals surface area (Å²) in [6.07, 6.45) is 0.719. The normalized spacial score (nSPS) is 12.4. The van der Waals surface area contributed by atoms with Gasteiger partial charge in [0.1, 0.15) is 5.75 Å². The van der Waals surface area contributed by atoms with Crippen molar-refractivity contribution in [2.45, 2.75) is 39.8 Å². The zero-order chi connectivity index (χ0) is 15.2. The fourth-order valence-corrected chi connectivity index (χ4v) is 2.22. The smallest absolute Gasteiger partial charge is 0.226 e. The van der Waals surface area contributed by atoms with Crippen LogP contribution in [0.2, 0.25) is 5.02 Å². The monoisotopic (exact) mass is 309 g/mol. The number of hydrogen-bond acceptors (Lipinski definition) is 5. The van der Waals surface area contributed by atoms with E-state index >= 15 is 0 Å². The van der Waals surface area contributed by atoms with Gasteiger partial charge in [-0.15, -0.1) is 0 Å². The molecule has 0 amide bonds. The summed E-state index contributed by atoms with van der Waals surface area (Å²) in [7, 11) is 0. The molecular weight excluding hydrogens is 290 g/mol. The fourth-order valence-electron chi connectivity index (χ4n) is 2.04. The van der Waals surface area contributed by atoms with Crippen molar-refractivity contribution < 1.29 is 9.26 Å². The second-order valence-electron chi connectivity index (χ2n) is 4.71. The van der Waals surface area contributed by atoms with Crippen LogP contribution in [0.15, 0.2) is 22.7 Å². The van der Waals surface area contributed by atoms with Crippen molar-refractivity contribution in [3.63, 3.8) is 0 Å². The lowest BCUT2D eigenvalue weighted by Crippen LogP contribution is -2.18. The van der Waals surface area contributed by atoms with Gasteiger partial charge in [0.15, 0.2) is 6.61 Å². The topological polar surface area (TPSA) is 60.2 Å². The maximum atomic E-state index is 6.08. The van der Waals surface area contributed by atoms with Gasteiger partial charge in [-0.05, 0) is 31.7 Å². The van der Waals surface area contributed by atoms with E-state index in [1.54, 1.807) is 0 Å². The SMILES string of the molecule is CCNC(C)c1cc(Cl)ccc1OCc1noc(CC)n1. The summed E-state index contributed by atoms with van der Waals surface area (Å²) >= 11 is 6.08. The molecule has 21 heavy (non-hydrogen) atoms. The van der Waals surface area contributed by atoms with Crippen LogP contribution in [-0.2, 0) is 13.0 Å². The van der Waals surface area contributed by atoms with E-state index in [0.717, 1.165) is 24.3 Å². The third kappa shape index (κ3) is 4.19. The van der Waals surface area contributed by atoms with Crippen LogP contribution in [0.4, 0.5) is 0 Å². The molecule has 0 aliphatic rings. The molecule has 1 N–H and O–H groups in total. The minimum Gasteiger partial charge on any atom is -0.485 e. The first-order valence-corrected chi connectivity index (χ1v) is 7.48. The molecular formula is C15H20ClN3O2. The van der Waals surface area contributed by atoms with Crippen LogP contribution in [0.3, 0.4) is 0 Å². The van der Waals surface area contributed by atoms with Crippen LogP contribution < -0.4 is 10.1 Å². The van der Waals surface area contributed by atoms with Crippen molar-refractivity contribution in [1.29, 1.82) is 0 Å². The molecule has 1 atom stereocenters. The number of hydrogen-bond donors (Lipinski definition) is 1. The highest BCUT2D eigenvalue weighted by molar-refractivity contribution is 6.30. The third-order valence-electron chi connectivity index (χ3n) is 3.12. The summed E-state index contributed by atoms with van der Waals surface area (Å²) in [5.41, 5.74) is 1.02. The van der Waals surface area contributed by atoms with E-state index in [1.165, 1.54) is 0 Å². The summed E-state index contributed by atoms with van der Waals surface area (Å²) in [6.45, 7) is 7.25. The molecule has 1 heterocycles. The Balaban J connectivity index is 2.11. The van der Waals surface area contributed by atoms with E-state index in [9.17, 15) is 0 Å². The van der Waals surface area contributed by atoms with Crippen LogP contribution in [0.1, 0.15) is 44.1 Å². The minimum absolute atomic E-state index is 0.153. The fraction of sp³-hybridized carbons (Fsp3) is 0.467. The first kappa shape index (κ1) is 15.8. The third-order valence-corrected chi connectivity index (χ3v) is 3.35. The molecule has 2 rings (SSSR count). The van der Waals surface area contributed by atoms with E-state index in [4.69, 9.17) is 20.9 Å². The second kappa shape index (κ2) is 7.43. The zero-order valence-corrected chi connectivity index (χ0v) is 13.3. The highest BCUT2D eigenvalue weighted by Gasteiger charge is 2.13. The Morgan fingerprint density at radius 3 is 2.86 bits per heavy atom. The molecule has 114 valence electrons. The molecule has 1 aromatic heterocycles. The zero-order valence-electron chi connectivity index (χ0n) is 12.5. The predicted molar refractivity (Wildman–Crippen MR) is 81.6 cm³/mol. The number of benzene rings is 1. The molecule has 0 spiro atoms. The van der Waals surface area contributed by atoms with E-state index in [-0.39, 0.29) is 12.6 Å². The first-order valence-electron chi connectivity index (χ1n) is 7.11. The largest absolute Gasteiger partial charge is 0.485 e. The predicted octanol–water partition coefficient (Wildman–Crippen LogP) is 3.53. The van der Waals surface area contributed by atoms with Gasteiger partial charge in [-0.25, -0.2) is 0 Å². The number of nitrogens with zero attached hydrogens (tertiary/aromatic N) is 2. The number of nitrogens with one attached hydrogen (secondary N) is 1. The van der Waals surface area contributed by atoms with Crippen molar-refractivity contribution in [3.8, 4) is 5.75 Å². The maximum Gasteiger partial charge on any atom is 0.226 e. The molecule has 0 bridgehead atoms. The Hall–Kier alpha value is -1.59. The van der Waals surface area contributed by atoms with Gasteiger partial charge in [0, 0.05) is 23.0 Å². The van der Waals surface area contributed by atoms with Gasteiger partial charge >= 0.3 is 0 Å². The molecule has 6 heteroatoms. The second-order valence-corrected chi connectivity index (χ2v) is 5.14. The quantitative estimate of drug-likeness (QED) is 0.847. The highest BCUT2D eigenvalue weighted by atomic mass is 35.5. The van der Waals surface area contributed by atoms with E-state index in [1.807, 2.05) is 25.1 Å². The van der Waals surface area contributed by atoms with Gasteiger partial charge < -0.3 is 14.6 Å². The molecule has 0 radical (unpaired) electrons. The van der Waals surface area contributed by atoms with E-state index in [2.05, 4.69) is 29.3 Å². The van der Waals surface area contributed by atoms with Crippen LogP contribution >= 0.6 is 11.6 Å². The van der Waals surface area contributed by atoms with Gasteiger partial charge in [0.25, 0.3) is 0 Å². The summed E-state index contributed by atoms with van der Waals surface area (Å²) in [5, 5.41) is 7.92. The maximum absolute atomic E-state index is 6.08. The lowest BCUT2D eigenvalue weighted by molar-refractivity contribution is 0.280. The van der Waals surface area contributed by atoms with Crippen molar-refractivity contribution in [2.24, 2.45) is 0 Å². The average Bonchev–Trinajstić information content (AvgIpc) is 2.94. The van der Waals surface area contributed by atoms with Gasteiger partial charge in [-0.1, -0.05) is 30.6 Å². The highest BCUT2D eigenvalue weighted by Crippen LogP contribution is 2.28. The molecule has 0 fully saturated rings. The number of rotatable bonds is 7. The van der Waals surface area contributed by atoms with Crippen LogP contribution in [-0.4, -0.2) is 16.7 Å². The van der Waals surface area contributed by atoms with Crippen LogP contribution in [0, 0.1) is 0 Å². The average molecular weight is 310 g/mol. The van der Waals surface area contributed by atoms with Crippen LogP contribution in [0.25, 0.3) is 0 Å². The van der Waals surface area contributed by atoms with Crippen molar-refractivity contribution in [3.05, 3.63) is 40.5 Å². The van der Waals surface area contributed by atoms with Crippen molar-refractivity contribution in [1.82, 2.24) is 15.5 Å². The Morgan fingerprint density at radius 1 is 1.38 bits per heavy atom. The Labute approximate surface area is 129 Å². The Morgan fingerprint density at radius 2 is 2.19 bits per heavy atom. The van der Waals surface area contributed by atoms with E-state index in [0.29, 0.717) is 16.7 Å². The standard InChI is InChI=1S/C15H20ClN3O2/c1-4-15-18-14(19-21-15)9-20-13-7-6-11(16)8-12(13)10(3)17-5-2/h6-8,10,17H,4-5,9H2,1-3H3. The summed E-state index contributed by atoms with van der Waals surface area (Å²) < 4.78 is 10.9. The molecule has 1 unspecified atom stereocenters. The first-order chi connectivity index (χ1) is 10.1. The van der Waals surface area contributed by atoms with Crippen molar-refractivity contribution in [2.75, 3.05) is 6.54 Å². The molecule has 0 aliphatic carbocycles. The minimum atomic E-state index is 0.153. The number of aryl methyl sites for hydroxylation is 1. The molecule has 2 aromatic rings. The van der Waals surface area contributed by atoms with Gasteiger partial charge in [-0.3, -0.25) is 0 Å². The van der Waals surface area contributed by atoms with Gasteiger partial charge in [-0.2, -0.15) is 4.98 Å². The number of aromatic nitrogens is 2. The summed E-state index contributed by atoms with van der Waals surface area (Å²) in [5.74, 6) is 1.94. The Bertz CT molecular complexity index is 586. The van der Waals surface area contributed by atoms with Crippen molar-refractivity contribution >= 4 is 11.6 Å². The lowest BCUT2D eigenvalue weighted by atomic mass is 10.1. The number of ether oxygens (including phenoxy) is 1.